The second kappa shape index (κ2) is 7.74. The molecule has 0 saturated carbocycles. The van der Waals surface area contributed by atoms with Gasteiger partial charge in [0.1, 0.15) is 17.3 Å². The third-order valence-corrected chi connectivity index (χ3v) is 4.28. The first kappa shape index (κ1) is 16.2. The number of nitrogens with zero attached hydrogens (tertiary/aromatic N) is 1. The summed E-state index contributed by atoms with van der Waals surface area (Å²) in [5, 5.41) is 3.09. The normalized spacial score (nSPS) is 16.5. The van der Waals surface area contributed by atoms with Crippen molar-refractivity contribution in [2.45, 2.75) is 46.1 Å². The lowest BCUT2D eigenvalue weighted by Gasteiger charge is -2.34. The summed E-state index contributed by atoms with van der Waals surface area (Å²) in [6, 6.07) is 2.92. The van der Waals surface area contributed by atoms with Gasteiger partial charge in [0.05, 0.1) is 0 Å². The van der Waals surface area contributed by atoms with Gasteiger partial charge in [0, 0.05) is 19.6 Å². The molecule has 1 saturated heterocycles. The molecule has 1 fully saturated rings. The van der Waals surface area contributed by atoms with Gasteiger partial charge in [-0.05, 0) is 43.0 Å². The van der Waals surface area contributed by atoms with Crippen LogP contribution in [0.4, 0.5) is 14.5 Å². The second-order valence-corrected chi connectivity index (χ2v) is 5.91. The van der Waals surface area contributed by atoms with E-state index in [4.69, 9.17) is 0 Å². The Morgan fingerprint density at radius 2 is 1.76 bits per heavy atom. The molecule has 4 heteroatoms. The van der Waals surface area contributed by atoms with Crippen LogP contribution in [-0.4, -0.2) is 19.6 Å². The molecule has 1 heterocycles. The van der Waals surface area contributed by atoms with Gasteiger partial charge in [0.25, 0.3) is 0 Å². The average molecular weight is 296 g/mol. The highest BCUT2D eigenvalue weighted by Gasteiger charge is 2.23. The number of nitrogens with one attached hydrogen (secondary N) is 1. The first-order valence-electron chi connectivity index (χ1n) is 8.09. The highest BCUT2D eigenvalue weighted by atomic mass is 19.1. The van der Waals surface area contributed by atoms with E-state index in [1.54, 1.807) is 0 Å². The van der Waals surface area contributed by atoms with Crippen molar-refractivity contribution in [1.29, 1.82) is 0 Å². The van der Waals surface area contributed by atoms with E-state index in [0.29, 0.717) is 18.0 Å². The Kier molecular flexibility index (Phi) is 5.97. The van der Waals surface area contributed by atoms with Gasteiger partial charge in [-0.2, -0.15) is 0 Å². The molecule has 0 amide bonds. The van der Waals surface area contributed by atoms with Crippen molar-refractivity contribution in [3.05, 3.63) is 29.3 Å². The van der Waals surface area contributed by atoms with Crippen LogP contribution in [0.15, 0.2) is 12.1 Å². The molecule has 2 nitrogen and oxygen atoms in total. The molecule has 0 aliphatic carbocycles. The molecule has 21 heavy (non-hydrogen) atoms. The lowest BCUT2D eigenvalue weighted by atomic mass is 9.92. The van der Waals surface area contributed by atoms with Gasteiger partial charge in [0.15, 0.2) is 0 Å². The van der Waals surface area contributed by atoms with Gasteiger partial charge < -0.3 is 10.2 Å². The number of rotatable bonds is 6. The summed E-state index contributed by atoms with van der Waals surface area (Å²) in [5.74, 6) is -0.154. The first-order valence-corrected chi connectivity index (χ1v) is 8.09. The zero-order chi connectivity index (χ0) is 15.2. The Hall–Kier alpha value is -1.16. The fourth-order valence-corrected chi connectivity index (χ4v) is 3.14. The number of anilines is 1. The van der Waals surface area contributed by atoms with Gasteiger partial charge in [-0.15, -0.1) is 0 Å². The van der Waals surface area contributed by atoms with E-state index in [2.05, 4.69) is 12.2 Å². The van der Waals surface area contributed by atoms with Gasteiger partial charge in [-0.25, -0.2) is 8.78 Å². The SMILES string of the molecule is CCCC1CCN(c2c(F)cc(CNCC)cc2F)CC1. The van der Waals surface area contributed by atoms with Gasteiger partial charge in [-0.3, -0.25) is 0 Å². The minimum Gasteiger partial charge on any atom is -0.367 e. The maximum absolute atomic E-state index is 14.3. The van der Waals surface area contributed by atoms with E-state index >= 15 is 0 Å². The average Bonchev–Trinajstić information content (AvgIpc) is 2.46. The standard InChI is InChI=1S/C17H26F2N2/c1-3-5-13-6-8-21(9-7-13)17-15(18)10-14(11-16(17)19)12-20-4-2/h10-11,13,20H,3-9,12H2,1-2H3. The fourth-order valence-electron chi connectivity index (χ4n) is 3.14. The molecular formula is C17H26F2N2. The molecule has 0 bridgehead atoms. The summed E-state index contributed by atoms with van der Waals surface area (Å²) in [7, 11) is 0. The third-order valence-electron chi connectivity index (χ3n) is 4.28. The smallest absolute Gasteiger partial charge is 0.149 e. The lowest BCUT2D eigenvalue weighted by molar-refractivity contribution is 0.374. The minimum absolute atomic E-state index is 0.158. The van der Waals surface area contributed by atoms with E-state index in [-0.39, 0.29) is 5.69 Å². The molecule has 1 aliphatic heterocycles. The number of piperidine rings is 1. The molecule has 1 aromatic carbocycles. The van der Waals surface area contributed by atoms with Crippen molar-refractivity contribution in [2.24, 2.45) is 5.92 Å². The molecule has 0 aromatic heterocycles. The molecule has 0 spiro atoms. The second-order valence-electron chi connectivity index (χ2n) is 5.91. The van der Waals surface area contributed by atoms with E-state index in [1.165, 1.54) is 25.0 Å². The van der Waals surface area contributed by atoms with E-state index < -0.39 is 11.6 Å². The third kappa shape index (κ3) is 4.16. The van der Waals surface area contributed by atoms with Crippen LogP contribution in [-0.2, 0) is 6.54 Å². The topological polar surface area (TPSA) is 15.3 Å². The number of hydrogen-bond acceptors (Lipinski definition) is 2. The Morgan fingerprint density at radius 1 is 1.14 bits per heavy atom. The van der Waals surface area contributed by atoms with Gasteiger partial charge in [0.2, 0.25) is 0 Å². The number of benzene rings is 1. The minimum atomic E-state index is -0.433. The first-order chi connectivity index (χ1) is 10.2. The van der Waals surface area contributed by atoms with Crippen molar-refractivity contribution < 1.29 is 8.78 Å². The predicted octanol–water partition coefficient (Wildman–Crippen LogP) is 4.09. The largest absolute Gasteiger partial charge is 0.367 e. The maximum atomic E-state index is 14.3. The highest BCUT2D eigenvalue weighted by Crippen LogP contribution is 2.30. The summed E-state index contributed by atoms with van der Waals surface area (Å²) >= 11 is 0. The van der Waals surface area contributed by atoms with Crippen LogP contribution >= 0.6 is 0 Å². The Balaban J connectivity index is 2.06. The van der Waals surface area contributed by atoms with Gasteiger partial charge >= 0.3 is 0 Å². The predicted molar refractivity (Wildman–Crippen MR) is 83.6 cm³/mol. The summed E-state index contributed by atoms with van der Waals surface area (Å²) in [6.45, 7) is 6.96. The van der Waals surface area contributed by atoms with Gasteiger partial charge in [-0.1, -0.05) is 26.7 Å². The van der Waals surface area contributed by atoms with Crippen molar-refractivity contribution in [1.82, 2.24) is 5.32 Å². The van der Waals surface area contributed by atoms with Crippen molar-refractivity contribution in [2.75, 3.05) is 24.5 Å². The summed E-state index contributed by atoms with van der Waals surface area (Å²) in [5.41, 5.74) is 0.821. The van der Waals surface area contributed by atoms with Crippen molar-refractivity contribution in [3.8, 4) is 0 Å². The van der Waals surface area contributed by atoms with Crippen LogP contribution < -0.4 is 10.2 Å². The molecule has 0 unspecified atom stereocenters. The van der Waals surface area contributed by atoms with E-state index in [1.807, 2.05) is 11.8 Å². The van der Waals surface area contributed by atoms with Crippen LogP contribution in [0.1, 0.15) is 45.1 Å². The molecule has 1 aromatic rings. The molecule has 118 valence electrons. The molecule has 0 radical (unpaired) electrons. The number of hydrogen-bond donors (Lipinski definition) is 1. The van der Waals surface area contributed by atoms with Crippen LogP contribution in [0.3, 0.4) is 0 Å². The highest BCUT2D eigenvalue weighted by molar-refractivity contribution is 5.51. The molecule has 1 aliphatic rings. The lowest BCUT2D eigenvalue weighted by Crippen LogP contribution is -2.35. The molecule has 2 rings (SSSR count). The van der Waals surface area contributed by atoms with E-state index in [0.717, 1.165) is 32.5 Å². The maximum Gasteiger partial charge on any atom is 0.149 e. The summed E-state index contributed by atoms with van der Waals surface area (Å²) < 4.78 is 28.5. The Labute approximate surface area is 126 Å². The monoisotopic (exact) mass is 296 g/mol. The van der Waals surface area contributed by atoms with Crippen LogP contribution in [0.25, 0.3) is 0 Å². The summed E-state index contributed by atoms with van der Waals surface area (Å²) in [6.07, 6.45) is 4.48. The number of halogens is 2. The Morgan fingerprint density at radius 3 is 2.29 bits per heavy atom. The molecule has 0 atom stereocenters. The van der Waals surface area contributed by atoms with Crippen molar-refractivity contribution >= 4 is 5.69 Å². The quantitative estimate of drug-likeness (QED) is 0.850. The van der Waals surface area contributed by atoms with Crippen molar-refractivity contribution in [3.63, 3.8) is 0 Å². The van der Waals surface area contributed by atoms with Crippen LogP contribution in [0.5, 0.6) is 0 Å². The fraction of sp³-hybridized carbons (Fsp3) is 0.647. The van der Waals surface area contributed by atoms with E-state index in [9.17, 15) is 8.78 Å². The summed E-state index contributed by atoms with van der Waals surface area (Å²) in [4.78, 5) is 1.87. The van der Waals surface area contributed by atoms with Crippen LogP contribution in [0, 0.1) is 17.6 Å². The van der Waals surface area contributed by atoms with Crippen LogP contribution in [0.2, 0.25) is 0 Å². The molecular weight excluding hydrogens is 270 g/mol. The molecule has 1 N–H and O–H groups in total. The zero-order valence-electron chi connectivity index (χ0n) is 13.1. The Bertz CT molecular complexity index is 431. The zero-order valence-corrected chi connectivity index (χ0v) is 13.1.